The Labute approximate surface area is 137 Å². The Bertz CT molecular complexity index is 808. The average Bonchev–Trinajstić information content (AvgIpc) is 2.55. The van der Waals surface area contributed by atoms with Gasteiger partial charge in [0.05, 0.1) is 11.4 Å². The average molecular weight is 300 g/mol. The zero-order chi connectivity index (χ0) is 16.2. The largest absolute Gasteiger partial charge is 0.151 e. The minimum atomic E-state index is 0.865. The molecule has 0 unspecified atom stereocenters. The quantitative estimate of drug-likeness (QED) is 0.481. The van der Waals surface area contributed by atoms with Crippen LogP contribution in [0.4, 0.5) is 11.4 Å². The predicted molar refractivity (Wildman–Crippen MR) is 96.7 cm³/mol. The Balaban J connectivity index is 1.84. The Morgan fingerprint density at radius 1 is 0.609 bits per heavy atom. The van der Waals surface area contributed by atoms with Gasteiger partial charge in [-0.3, -0.25) is 0 Å². The lowest BCUT2D eigenvalue weighted by atomic mass is 10.1. The maximum atomic E-state index is 4.44. The van der Waals surface area contributed by atoms with Crippen molar-refractivity contribution in [1.29, 1.82) is 0 Å². The van der Waals surface area contributed by atoms with Crippen molar-refractivity contribution in [2.24, 2.45) is 10.2 Å². The van der Waals surface area contributed by atoms with Gasteiger partial charge < -0.3 is 0 Å². The van der Waals surface area contributed by atoms with Crippen molar-refractivity contribution in [3.8, 4) is 11.1 Å². The third kappa shape index (κ3) is 3.54. The molecule has 23 heavy (non-hydrogen) atoms. The fourth-order valence-corrected chi connectivity index (χ4v) is 2.79. The van der Waals surface area contributed by atoms with Gasteiger partial charge >= 0.3 is 0 Å². The molecule has 3 aromatic carbocycles. The molecule has 0 saturated heterocycles. The minimum absolute atomic E-state index is 0.865. The van der Waals surface area contributed by atoms with E-state index >= 15 is 0 Å². The lowest BCUT2D eigenvalue weighted by molar-refractivity contribution is 1.18. The van der Waals surface area contributed by atoms with E-state index in [0.29, 0.717) is 0 Å². The molecule has 0 heterocycles. The molecule has 0 amide bonds. The first-order valence-corrected chi connectivity index (χ1v) is 7.78. The Hall–Kier alpha value is -2.74. The number of nitrogens with zero attached hydrogens (tertiary/aromatic N) is 2. The highest BCUT2D eigenvalue weighted by molar-refractivity contribution is 5.65. The molecule has 0 aromatic heterocycles. The summed E-state index contributed by atoms with van der Waals surface area (Å²) in [6.07, 6.45) is 0. The van der Waals surface area contributed by atoms with Gasteiger partial charge in [0.1, 0.15) is 0 Å². The molecule has 114 valence electrons. The summed E-state index contributed by atoms with van der Waals surface area (Å²) in [4.78, 5) is 0. The number of hydrogen-bond acceptors (Lipinski definition) is 2. The summed E-state index contributed by atoms with van der Waals surface area (Å²) in [5.74, 6) is 0. The second-order valence-electron chi connectivity index (χ2n) is 5.86. The number of benzene rings is 3. The standard InChI is InChI=1S/C21H20N2/c1-15-13-16(2)21(17(3)14-15)23-22-20-11-9-19(10-12-20)18-7-5-4-6-8-18/h4-14H,1-3H3. The van der Waals surface area contributed by atoms with E-state index in [2.05, 4.69) is 67.4 Å². The Morgan fingerprint density at radius 3 is 1.78 bits per heavy atom. The van der Waals surface area contributed by atoms with Crippen molar-refractivity contribution >= 4 is 11.4 Å². The van der Waals surface area contributed by atoms with Gasteiger partial charge in [0.2, 0.25) is 0 Å². The molecule has 2 heteroatoms. The minimum Gasteiger partial charge on any atom is -0.151 e. The van der Waals surface area contributed by atoms with E-state index in [-0.39, 0.29) is 0 Å². The van der Waals surface area contributed by atoms with Crippen molar-refractivity contribution < 1.29 is 0 Å². The zero-order valence-corrected chi connectivity index (χ0v) is 13.7. The third-order valence-corrected chi connectivity index (χ3v) is 3.88. The van der Waals surface area contributed by atoms with Crippen LogP contribution in [-0.2, 0) is 0 Å². The molecule has 0 spiro atoms. The number of azo groups is 1. The van der Waals surface area contributed by atoms with Gasteiger partial charge in [-0.2, -0.15) is 10.2 Å². The molecule has 0 fully saturated rings. The molecule has 0 N–H and O–H groups in total. The second-order valence-corrected chi connectivity index (χ2v) is 5.86. The molecule has 0 aliphatic heterocycles. The van der Waals surface area contributed by atoms with Crippen LogP contribution in [-0.4, -0.2) is 0 Å². The number of hydrogen-bond donors (Lipinski definition) is 0. The summed E-state index contributed by atoms with van der Waals surface area (Å²) in [7, 11) is 0. The van der Waals surface area contributed by atoms with E-state index in [1.54, 1.807) is 0 Å². The first kappa shape index (κ1) is 15.2. The van der Waals surface area contributed by atoms with Crippen LogP contribution in [0.15, 0.2) is 77.0 Å². The van der Waals surface area contributed by atoms with E-state index in [1.807, 2.05) is 30.3 Å². The fourth-order valence-electron chi connectivity index (χ4n) is 2.79. The molecule has 0 radical (unpaired) electrons. The van der Waals surface area contributed by atoms with Gasteiger partial charge in [-0.1, -0.05) is 60.2 Å². The van der Waals surface area contributed by atoms with Crippen molar-refractivity contribution in [2.45, 2.75) is 20.8 Å². The molecule has 0 aliphatic rings. The number of rotatable bonds is 3. The highest BCUT2D eigenvalue weighted by Gasteiger charge is 2.03. The van der Waals surface area contributed by atoms with E-state index < -0.39 is 0 Å². The normalized spacial score (nSPS) is 11.1. The first-order valence-electron chi connectivity index (χ1n) is 7.78. The molecule has 0 atom stereocenters. The molecule has 3 rings (SSSR count). The maximum Gasteiger partial charge on any atom is 0.0915 e. The SMILES string of the molecule is Cc1cc(C)c(N=Nc2ccc(-c3ccccc3)cc2)c(C)c1. The van der Waals surface area contributed by atoms with Crippen LogP contribution in [0.1, 0.15) is 16.7 Å². The van der Waals surface area contributed by atoms with Crippen molar-refractivity contribution in [3.05, 3.63) is 83.4 Å². The fraction of sp³-hybridized carbons (Fsp3) is 0.143. The molecule has 0 bridgehead atoms. The first-order chi connectivity index (χ1) is 11.1. The van der Waals surface area contributed by atoms with Gasteiger partial charge in [-0.05, 0) is 55.2 Å². The molecular weight excluding hydrogens is 280 g/mol. The monoisotopic (exact) mass is 300 g/mol. The van der Waals surface area contributed by atoms with Crippen LogP contribution in [0, 0.1) is 20.8 Å². The van der Waals surface area contributed by atoms with Gasteiger partial charge in [0, 0.05) is 0 Å². The molecular formula is C21H20N2. The third-order valence-electron chi connectivity index (χ3n) is 3.88. The lowest BCUT2D eigenvalue weighted by Crippen LogP contribution is -1.82. The molecule has 3 aromatic rings. The van der Waals surface area contributed by atoms with Crippen molar-refractivity contribution in [1.82, 2.24) is 0 Å². The summed E-state index contributed by atoms with van der Waals surface area (Å²) < 4.78 is 0. The van der Waals surface area contributed by atoms with Crippen molar-refractivity contribution in [2.75, 3.05) is 0 Å². The maximum absolute atomic E-state index is 4.44. The zero-order valence-electron chi connectivity index (χ0n) is 13.7. The summed E-state index contributed by atoms with van der Waals surface area (Å²) in [5.41, 5.74) is 7.80. The topological polar surface area (TPSA) is 24.7 Å². The van der Waals surface area contributed by atoms with Crippen LogP contribution >= 0.6 is 0 Å². The highest BCUT2D eigenvalue weighted by atomic mass is 15.1. The van der Waals surface area contributed by atoms with Crippen LogP contribution in [0.25, 0.3) is 11.1 Å². The van der Waals surface area contributed by atoms with Gasteiger partial charge in [0.25, 0.3) is 0 Å². The molecule has 0 aliphatic carbocycles. The molecule has 0 saturated carbocycles. The van der Waals surface area contributed by atoms with E-state index in [4.69, 9.17) is 0 Å². The van der Waals surface area contributed by atoms with E-state index in [1.165, 1.54) is 16.7 Å². The Morgan fingerprint density at radius 2 is 1.17 bits per heavy atom. The van der Waals surface area contributed by atoms with Crippen LogP contribution < -0.4 is 0 Å². The van der Waals surface area contributed by atoms with E-state index in [0.717, 1.165) is 22.5 Å². The smallest absolute Gasteiger partial charge is 0.0915 e. The van der Waals surface area contributed by atoms with Gasteiger partial charge in [0.15, 0.2) is 0 Å². The molecule has 2 nitrogen and oxygen atoms in total. The van der Waals surface area contributed by atoms with Gasteiger partial charge in [-0.15, -0.1) is 0 Å². The number of aryl methyl sites for hydroxylation is 3. The Kier molecular flexibility index (Phi) is 4.33. The second kappa shape index (κ2) is 6.57. The van der Waals surface area contributed by atoms with Crippen LogP contribution in [0.2, 0.25) is 0 Å². The van der Waals surface area contributed by atoms with Crippen LogP contribution in [0.5, 0.6) is 0 Å². The van der Waals surface area contributed by atoms with Gasteiger partial charge in [-0.25, -0.2) is 0 Å². The van der Waals surface area contributed by atoms with Crippen molar-refractivity contribution in [3.63, 3.8) is 0 Å². The lowest BCUT2D eigenvalue weighted by Gasteiger charge is -2.05. The summed E-state index contributed by atoms with van der Waals surface area (Å²) >= 11 is 0. The summed E-state index contributed by atoms with van der Waals surface area (Å²) in [5, 5.41) is 8.83. The summed E-state index contributed by atoms with van der Waals surface area (Å²) in [6, 6.07) is 22.8. The summed E-state index contributed by atoms with van der Waals surface area (Å²) in [6.45, 7) is 6.25. The highest BCUT2D eigenvalue weighted by Crippen LogP contribution is 2.28. The predicted octanol–water partition coefficient (Wildman–Crippen LogP) is 6.69. The van der Waals surface area contributed by atoms with E-state index in [9.17, 15) is 0 Å². The van der Waals surface area contributed by atoms with Crippen LogP contribution in [0.3, 0.4) is 0 Å².